The summed E-state index contributed by atoms with van der Waals surface area (Å²) in [4.78, 5) is 10.7. The van der Waals surface area contributed by atoms with Gasteiger partial charge in [0.05, 0.1) is 0 Å². The molecule has 2 heterocycles. The van der Waals surface area contributed by atoms with Crippen molar-refractivity contribution in [2.45, 2.75) is 18.6 Å². The summed E-state index contributed by atoms with van der Waals surface area (Å²) in [7, 11) is 0. The molecule has 19 heavy (non-hydrogen) atoms. The number of fused-ring (bicyclic) bond motifs is 1. The number of ether oxygens (including phenoxy) is 1. The molecule has 2 atom stereocenters. The van der Waals surface area contributed by atoms with Gasteiger partial charge >= 0.3 is 5.97 Å². The van der Waals surface area contributed by atoms with Crippen LogP contribution in [0.4, 0.5) is 0 Å². The van der Waals surface area contributed by atoms with Gasteiger partial charge in [-0.05, 0) is 23.8 Å². The molecule has 0 aliphatic carbocycles. The number of hydrogen-bond acceptors (Lipinski definition) is 4. The van der Waals surface area contributed by atoms with Gasteiger partial charge in [-0.25, -0.2) is 4.79 Å². The molecule has 2 N–H and O–H groups in total. The number of carbonyl (C=O) groups is 1. The van der Waals surface area contributed by atoms with Gasteiger partial charge in [-0.15, -0.1) is 0 Å². The second kappa shape index (κ2) is 4.44. The fourth-order valence-electron chi connectivity index (χ4n) is 2.19. The van der Waals surface area contributed by atoms with Crippen LogP contribution >= 0.6 is 0 Å². The molecule has 0 fully saturated rings. The van der Waals surface area contributed by atoms with Gasteiger partial charge in [-0.3, -0.25) is 0 Å². The Morgan fingerprint density at radius 1 is 1.26 bits per heavy atom. The molecule has 1 aliphatic heterocycles. The highest BCUT2D eigenvalue weighted by molar-refractivity contribution is 5.84. The second-order valence-corrected chi connectivity index (χ2v) is 4.42. The number of aliphatic hydroxyl groups is 1. The molecule has 1 aromatic heterocycles. The molecule has 1 aromatic carbocycles. The SMILES string of the molecule is O=C(O)c1ccc(C(O)C2Cc3ccccc3O2)o1. The van der Waals surface area contributed by atoms with E-state index in [2.05, 4.69) is 0 Å². The Balaban J connectivity index is 1.79. The highest BCUT2D eigenvalue weighted by Crippen LogP contribution is 2.34. The third-order valence-electron chi connectivity index (χ3n) is 3.15. The molecular formula is C14H12O5. The highest BCUT2D eigenvalue weighted by Gasteiger charge is 2.32. The Kier molecular flexibility index (Phi) is 2.76. The van der Waals surface area contributed by atoms with Crippen molar-refractivity contribution in [3.8, 4) is 5.75 Å². The molecule has 0 saturated heterocycles. The quantitative estimate of drug-likeness (QED) is 0.882. The van der Waals surface area contributed by atoms with Crippen LogP contribution in [0.3, 0.4) is 0 Å². The fraction of sp³-hybridized carbons (Fsp3) is 0.214. The molecule has 98 valence electrons. The minimum Gasteiger partial charge on any atom is -0.487 e. The monoisotopic (exact) mass is 260 g/mol. The maximum absolute atomic E-state index is 10.7. The van der Waals surface area contributed by atoms with E-state index in [0.29, 0.717) is 6.42 Å². The van der Waals surface area contributed by atoms with Crippen molar-refractivity contribution in [3.63, 3.8) is 0 Å². The van der Waals surface area contributed by atoms with Gasteiger partial charge in [-0.1, -0.05) is 18.2 Å². The van der Waals surface area contributed by atoms with E-state index < -0.39 is 18.2 Å². The Morgan fingerprint density at radius 2 is 2.05 bits per heavy atom. The molecule has 0 amide bonds. The number of para-hydroxylation sites is 1. The van der Waals surface area contributed by atoms with Crippen LogP contribution in [0.15, 0.2) is 40.8 Å². The lowest BCUT2D eigenvalue weighted by Gasteiger charge is -2.15. The lowest BCUT2D eigenvalue weighted by Crippen LogP contribution is -2.22. The standard InChI is InChI=1S/C14H12O5/c15-13(10-5-6-11(19-10)14(16)17)12-7-8-3-1-2-4-9(8)18-12/h1-6,12-13,15H,7H2,(H,16,17). The van der Waals surface area contributed by atoms with Crippen LogP contribution in [-0.4, -0.2) is 22.3 Å². The van der Waals surface area contributed by atoms with E-state index in [1.807, 2.05) is 24.3 Å². The number of carboxylic acid groups (broad SMARTS) is 1. The lowest BCUT2D eigenvalue weighted by atomic mass is 10.1. The van der Waals surface area contributed by atoms with Crippen molar-refractivity contribution in [2.75, 3.05) is 0 Å². The summed E-state index contributed by atoms with van der Waals surface area (Å²) in [6.45, 7) is 0. The van der Waals surface area contributed by atoms with E-state index in [1.54, 1.807) is 0 Å². The number of carboxylic acids is 1. The van der Waals surface area contributed by atoms with Crippen LogP contribution in [-0.2, 0) is 6.42 Å². The lowest BCUT2D eigenvalue weighted by molar-refractivity contribution is 0.0320. The fourth-order valence-corrected chi connectivity index (χ4v) is 2.19. The number of hydrogen-bond donors (Lipinski definition) is 2. The largest absolute Gasteiger partial charge is 0.487 e. The minimum absolute atomic E-state index is 0.190. The first-order valence-corrected chi connectivity index (χ1v) is 5.91. The van der Waals surface area contributed by atoms with E-state index in [1.165, 1.54) is 12.1 Å². The summed E-state index contributed by atoms with van der Waals surface area (Å²) in [6.07, 6.45) is -0.869. The molecule has 0 saturated carbocycles. The summed E-state index contributed by atoms with van der Waals surface area (Å²) in [5.41, 5.74) is 1.02. The van der Waals surface area contributed by atoms with Crippen LogP contribution in [0.5, 0.6) is 5.75 Å². The van der Waals surface area contributed by atoms with Gasteiger partial charge in [0.2, 0.25) is 5.76 Å². The van der Waals surface area contributed by atoms with Crippen molar-refractivity contribution in [2.24, 2.45) is 0 Å². The average Bonchev–Trinajstić information content (AvgIpc) is 3.04. The van der Waals surface area contributed by atoms with Gasteiger partial charge in [-0.2, -0.15) is 0 Å². The van der Waals surface area contributed by atoms with E-state index in [0.717, 1.165) is 11.3 Å². The molecule has 0 bridgehead atoms. The maximum Gasteiger partial charge on any atom is 0.371 e. The topological polar surface area (TPSA) is 79.9 Å². The molecule has 3 rings (SSSR count). The smallest absolute Gasteiger partial charge is 0.371 e. The first-order chi connectivity index (χ1) is 9.15. The summed E-state index contributed by atoms with van der Waals surface area (Å²) >= 11 is 0. The summed E-state index contributed by atoms with van der Waals surface area (Å²) in [6, 6.07) is 10.3. The number of aromatic carboxylic acids is 1. The number of rotatable bonds is 3. The van der Waals surface area contributed by atoms with Crippen LogP contribution in [0.25, 0.3) is 0 Å². The van der Waals surface area contributed by atoms with E-state index in [9.17, 15) is 9.90 Å². The van der Waals surface area contributed by atoms with Gasteiger partial charge in [0.25, 0.3) is 0 Å². The first-order valence-electron chi connectivity index (χ1n) is 5.91. The first kappa shape index (κ1) is 11.8. The van der Waals surface area contributed by atoms with E-state index >= 15 is 0 Å². The Labute approximate surface area is 109 Å². The number of aliphatic hydroxyl groups excluding tert-OH is 1. The molecule has 0 spiro atoms. The van der Waals surface area contributed by atoms with Crippen molar-refractivity contribution in [1.29, 1.82) is 0 Å². The van der Waals surface area contributed by atoms with E-state index in [-0.39, 0.29) is 11.5 Å². The Morgan fingerprint density at radius 3 is 2.74 bits per heavy atom. The van der Waals surface area contributed by atoms with Gasteiger partial charge < -0.3 is 19.4 Å². The summed E-state index contributed by atoms with van der Waals surface area (Å²) in [5, 5.41) is 19.0. The molecule has 1 aliphatic rings. The zero-order chi connectivity index (χ0) is 13.4. The number of benzene rings is 1. The van der Waals surface area contributed by atoms with Gasteiger partial charge in [0.15, 0.2) is 0 Å². The van der Waals surface area contributed by atoms with Gasteiger partial charge in [0, 0.05) is 6.42 Å². The molecule has 5 nitrogen and oxygen atoms in total. The summed E-state index contributed by atoms with van der Waals surface area (Å²) in [5.74, 6) is -0.398. The zero-order valence-electron chi connectivity index (χ0n) is 9.95. The van der Waals surface area contributed by atoms with Crippen LogP contribution < -0.4 is 4.74 Å². The summed E-state index contributed by atoms with van der Waals surface area (Å²) < 4.78 is 10.7. The highest BCUT2D eigenvalue weighted by atomic mass is 16.5. The second-order valence-electron chi connectivity index (χ2n) is 4.42. The van der Waals surface area contributed by atoms with Crippen molar-refractivity contribution in [1.82, 2.24) is 0 Å². The molecule has 5 heteroatoms. The zero-order valence-corrected chi connectivity index (χ0v) is 9.95. The predicted molar refractivity (Wildman–Crippen MR) is 65.2 cm³/mol. The Hall–Kier alpha value is -2.27. The predicted octanol–water partition coefficient (Wildman–Crippen LogP) is 2.01. The molecule has 0 radical (unpaired) electrons. The Bertz CT molecular complexity index is 591. The van der Waals surface area contributed by atoms with Crippen LogP contribution in [0.1, 0.15) is 28.0 Å². The molecule has 2 aromatic rings. The van der Waals surface area contributed by atoms with Crippen molar-refractivity contribution >= 4 is 5.97 Å². The van der Waals surface area contributed by atoms with Crippen LogP contribution in [0.2, 0.25) is 0 Å². The normalized spacial score (nSPS) is 18.7. The average molecular weight is 260 g/mol. The number of furan rings is 1. The molecule has 2 unspecified atom stereocenters. The van der Waals surface area contributed by atoms with Crippen LogP contribution in [0, 0.1) is 0 Å². The third-order valence-corrected chi connectivity index (χ3v) is 3.15. The maximum atomic E-state index is 10.7. The van der Waals surface area contributed by atoms with Crippen molar-refractivity contribution < 1.29 is 24.2 Å². The van der Waals surface area contributed by atoms with Crippen molar-refractivity contribution in [3.05, 3.63) is 53.5 Å². The van der Waals surface area contributed by atoms with Gasteiger partial charge in [0.1, 0.15) is 23.7 Å². The minimum atomic E-state index is -1.16. The molecular weight excluding hydrogens is 248 g/mol. The van der Waals surface area contributed by atoms with E-state index in [4.69, 9.17) is 14.3 Å². The third kappa shape index (κ3) is 2.08.